The van der Waals surface area contributed by atoms with Gasteiger partial charge in [-0.2, -0.15) is 0 Å². The molecule has 194 valence electrons. The maximum absolute atomic E-state index is 14.6. The zero-order valence-corrected chi connectivity index (χ0v) is 21.6. The maximum atomic E-state index is 14.6. The van der Waals surface area contributed by atoms with Gasteiger partial charge in [0, 0.05) is 6.04 Å². The number of carbonyl (C=O) groups is 3. The Bertz CT molecular complexity index is 975. The number of carbonyl (C=O) groups excluding carboxylic acids is 3. The van der Waals surface area contributed by atoms with E-state index < -0.39 is 6.04 Å². The second-order valence-electron chi connectivity index (χ2n) is 12.3. The summed E-state index contributed by atoms with van der Waals surface area (Å²) in [5.74, 6) is 2.48. The SMILES string of the molecule is CCOc1ccc(N2C(=O)CC(N(C(=O)C34CC5CC(CC(C5)C3)C4)C3CCCCCC3)C2=O)cc1. The molecule has 0 N–H and O–H groups in total. The number of benzene rings is 1. The molecular formula is C30H40N2O4. The third-order valence-electron chi connectivity index (χ3n) is 9.81. The Kier molecular flexibility index (Phi) is 6.33. The Morgan fingerprint density at radius 1 is 0.944 bits per heavy atom. The summed E-state index contributed by atoms with van der Waals surface area (Å²) in [5, 5.41) is 0. The van der Waals surface area contributed by atoms with E-state index in [0.29, 0.717) is 35.8 Å². The van der Waals surface area contributed by atoms with Gasteiger partial charge in [-0.25, -0.2) is 4.90 Å². The van der Waals surface area contributed by atoms with Gasteiger partial charge in [-0.15, -0.1) is 0 Å². The van der Waals surface area contributed by atoms with Crippen molar-refractivity contribution in [2.45, 2.75) is 102 Å². The molecule has 6 nitrogen and oxygen atoms in total. The van der Waals surface area contributed by atoms with Crippen molar-refractivity contribution in [3.05, 3.63) is 24.3 Å². The predicted molar refractivity (Wildman–Crippen MR) is 137 cm³/mol. The van der Waals surface area contributed by atoms with E-state index in [1.807, 2.05) is 11.8 Å². The molecule has 1 aromatic rings. The molecule has 6 heteroatoms. The van der Waals surface area contributed by atoms with Gasteiger partial charge in [0.25, 0.3) is 5.91 Å². The molecule has 6 aliphatic rings. The maximum Gasteiger partial charge on any atom is 0.257 e. The van der Waals surface area contributed by atoms with Gasteiger partial charge in [0.1, 0.15) is 11.8 Å². The first-order valence-corrected chi connectivity index (χ1v) is 14.4. The van der Waals surface area contributed by atoms with Gasteiger partial charge in [-0.05, 0) is 100 Å². The molecule has 1 unspecified atom stereocenters. The van der Waals surface area contributed by atoms with E-state index in [0.717, 1.165) is 44.9 Å². The first-order chi connectivity index (χ1) is 17.5. The van der Waals surface area contributed by atoms with Crippen molar-refractivity contribution in [2.75, 3.05) is 11.5 Å². The van der Waals surface area contributed by atoms with Gasteiger partial charge in [0.05, 0.1) is 24.1 Å². The summed E-state index contributed by atoms with van der Waals surface area (Å²) < 4.78 is 5.53. The fourth-order valence-electron chi connectivity index (χ4n) is 8.71. The molecule has 1 saturated heterocycles. The molecule has 7 rings (SSSR count). The van der Waals surface area contributed by atoms with Crippen LogP contribution in [-0.4, -0.2) is 41.3 Å². The van der Waals surface area contributed by atoms with Crippen molar-refractivity contribution in [1.29, 1.82) is 0 Å². The molecule has 0 radical (unpaired) electrons. The molecule has 0 aromatic heterocycles. The normalized spacial score (nSPS) is 34.2. The minimum atomic E-state index is -0.673. The van der Waals surface area contributed by atoms with Crippen LogP contribution in [-0.2, 0) is 14.4 Å². The second-order valence-corrected chi connectivity index (χ2v) is 12.3. The van der Waals surface area contributed by atoms with Crippen molar-refractivity contribution in [3.8, 4) is 5.75 Å². The molecule has 3 amide bonds. The highest BCUT2D eigenvalue weighted by molar-refractivity contribution is 6.23. The van der Waals surface area contributed by atoms with Crippen molar-refractivity contribution >= 4 is 23.4 Å². The van der Waals surface area contributed by atoms with Gasteiger partial charge in [-0.1, -0.05) is 25.7 Å². The smallest absolute Gasteiger partial charge is 0.257 e. The van der Waals surface area contributed by atoms with E-state index in [4.69, 9.17) is 4.74 Å². The Hall–Kier alpha value is -2.37. The molecule has 4 bridgehead atoms. The average molecular weight is 493 g/mol. The van der Waals surface area contributed by atoms with Crippen molar-refractivity contribution in [2.24, 2.45) is 23.2 Å². The minimum absolute atomic E-state index is 0.0648. The van der Waals surface area contributed by atoms with Crippen LogP contribution >= 0.6 is 0 Å². The summed E-state index contributed by atoms with van der Waals surface area (Å²) in [6, 6.07) is 6.55. The third-order valence-corrected chi connectivity index (χ3v) is 9.81. The van der Waals surface area contributed by atoms with Crippen LogP contribution in [0.25, 0.3) is 0 Å². The summed E-state index contributed by atoms with van der Waals surface area (Å²) in [5.41, 5.74) is 0.260. The van der Waals surface area contributed by atoms with Crippen LogP contribution in [0.3, 0.4) is 0 Å². The lowest BCUT2D eigenvalue weighted by Gasteiger charge is -2.57. The van der Waals surface area contributed by atoms with E-state index in [1.165, 1.54) is 37.0 Å². The first kappa shape index (κ1) is 24.0. The minimum Gasteiger partial charge on any atom is -0.494 e. The fourth-order valence-corrected chi connectivity index (χ4v) is 8.71. The zero-order chi connectivity index (χ0) is 24.9. The molecule has 5 aliphatic carbocycles. The monoisotopic (exact) mass is 492 g/mol. The van der Waals surface area contributed by atoms with Crippen LogP contribution in [0.15, 0.2) is 24.3 Å². The molecule has 1 aromatic carbocycles. The molecule has 0 spiro atoms. The Labute approximate surface area is 214 Å². The largest absolute Gasteiger partial charge is 0.494 e. The lowest BCUT2D eigenvalue weighted by atomic mass is 9.49. The molecule has 36 heavy (non-hydrogen) atoms. The number of rotatable bonds is 6. The topological polar surface area (TPSA) is 66.9 Å². The highest BCUT2D eigenvalue weighted by atomic mass is 16.5. The number of anilines is 1. The van der Waals surface area contributed by atoms with Crippen molar-refractivity contribution in [3.63, 3.8) is 0 Å². The van der Waals surface area contributed by atoms with Crippen LogP contribution in [0, 0.1) is 23.2 Å². The van der Waals surface area contributed by atoms with Gasteiger partial charge in [0.2, 0.25) is 11.8 Å². The van der Waals surface area contributed by atoms with Crippen LogP contribution in [0.4, 0.5) is 5.69 Å². The van der Waals surface area contributed by atoms with Crippen LogP contribution < -0.4 is 9.64 Å². The lowest BCUT2D eigenvalue weighted by molar-refractivity contribution is -0.164. The van der Waals surface area contributed by atoms with E-state index >= 15 is 0 Å². The predicted octanol–water partition coefficient (Wildman–Crippen LogP) is 5.49. The number of ether oxygens (including phenoxy) is 1. The second kappa shape index (κ2) is 9.50. The summed E-state index contributed by atoms with van der Waals surface area (Å²) in [6.45, 7) is 2.49. The van der Waals surface area contributed by atoms with Gasteiger partial charge in [-0.3, -0.25) is 14.4 Å². The summed E-state index contributed by atoms with van der Waals surface area (Å²) in [4.78, 5) is 45.1. The highest BCUT2D eigenvalue weighted by Gasteiger charge is 2.58. The number of hydrogen-bond donors (Lipinski definition) is 0. The van der Waals surface area contributed by atoms with Crippen molar-refractivity contribution in [1.82, 2.24) is 4.90 Å². The summed E-state index contributed by atoms with van der Waals surface area (Å²) in [7, 11) is 0. The first-order valence-electron chi connectivity index (χ1n) is 14.4. The average Bonchev–Trinajstić information content (AvgIpc) is 3.01. The van der Waals surface area contributed by atoms with Gasteiger partial charge >= 0.3 is 0 Å². The molecule has 1 heterocycles. The summed E-state index contributed by atoms with van der Waals surface area (Å²) in [6.07, 6.45) is 13.3. The number of imide groups is 1. The molecular weight excluding hydrogens is 452 g/mol. The van der Waals surface area contributed by atoms with E-state index in [2.05, 4.69) is 0 Å². The van der Waals surface area contributed by atoms with Crippen molar-refractivity contribution < 1.29 is 19.1 Å². The van der Waals surface area contributed by atoms with Crippen LogP contribution in [0.2, 0.25) is 0 Å². The Morgan fingerprint density at radius 2 is 1.53 bits per heavy atom. The van der Waals surface area contributed by atoms with E-state index in [1.54, 1.807) is 24.3 Å². The third kappa shape index (κ3) is 4.14. The quantitative estimate of drug-likeness (QED) is 0.389. The van der Waals surface area contributed by atoms with E-state index in [9.17, 15) is 14.4 Å². The Balaban J connectivity index is 1.31. The summed E-state index contributed by atoms with van der Waals surface area (Å²) >= 11 is 0. The standard InChI is InChI=1S/C30H40N2O4/c1-2-36-25-11-9-24(10-12-25)32-27(33)16-26(28(32)34)31(23-7-5-3-4-6-8-23)29(35)30-17-20-13-21(18-30)15-22(14-20)19-30/h9-12,20-23,26H,2-8,13-19H2,1H3. The highest BCUT2D eigenvalue weighted by Crippen LogP contribution is 2.61. The molecule has 1 atom stereocenters. The Morgan fingerprint density at radius 3 is 2.08 bits per heavy atom. The number of nitrogens with zero attached hydrogens (tertiary/aromatic N) is 2. The molecule has 6 fully saturated rings. The van der Waals surface area contributed by atoms with Gasteiger partial charge < -0.3 is 9.64 Å². The zero-order valence-electron chi connectivity index (χ0n) is 21.6. The lowest BCUT2D eigenvalue weighted by Crippen LogP contribution is -2.60. The fraction of sp³-hybridized carbons (Fsp3) is 0.700. The number of hydrogen-bond acceptors (Lipinski definition) is 4. The van der Waals surface area contributed by atoms with Crippen LogP contribution in [0.5, 0.6) is 5.75 Å². The number of amides is 3. The molecule has 1 aliphatic heterocycles. The van der Waals surface area contributed by atoms with Gasteiger partial charge in [0.15, 0.2) is 0 Å². The van der Waals surface area contributed by atoms with Crippen LogP contribution in [0.1, 0.15) is 90.4 Å². The molecule has 5 saturated carbocycles. The van der Waals surface area contributed by atoms with E-state index in [-0.39, 0.29) is 35.6 Å².